The molecule has 162 valence electrons. The van der Waals surface area contributed by atoms with E-state index in [1.54, 1.807) is 12.3 Å². The number of hydrogen-bond acceptors (Lipinski definition) is 3. The zero-order valence-electron chi connectivity index (χ0n) is 17.0. The first-order valence-corrected chi connectivity index (χ1v) is 10.5. The summed E-state index contributed by atoms with van der Waals surface area (Å²) in [6, 6.07) is 14.7. The molecule has 2 N–H and O–H groups in total. The summed E-state index contributed by atoms with van der Waals surface area (Å²) in [5, 5.41) is 6.75. The average molecular weight is 427 g/mol. The SMILES string of the molecule is O=C(Nc1ccccc1)C1CCC(CNc2ccnc3ccc(C(F)(F)F)cc23)CC1. The van der Waals surface area contributed by atoms with Gasteiger partial charge in [0.25, 0.3) is 0 Å². The van der Waals surface area contributed by atoms with Crippen LogP contribution in [0.15, 0.2) is 60.8 Å². The number of halogens is 3. The molecule has 0 bridgehead atoms. The lowest BCUT2D eigenvalue weighted by Gasteiger charge is -2.28. The second-order valence-electron chi connectivity index (χ2n) is 8.04. The lowest BCUT2D eigenvalue weighted by Crippen LogP contribution is -2.29. The van der Waals surface area contributed by atoms with Crippen molar-refractivity contribution < 1.29 is 18.0 Å². The van der Waals surface area contributed by atoms with Crippen molar-refractivity contribution in [3.63, 3.8) is 0 Å². The second kappa shape index (κ2) is 8.96. The monoisotopic (exact) mass is 427 g/mol. The van der Waals surface area contributed by atoms with E-state index in [2.05, 4.69) is 15.6 Å². The van der Waals surface area contributed by atoms with Gasteiger partial charge in [-0.3, -0.25) is 9.78 Å². The van der Waals surface area contributed by atoms with Gasteiger partial charge in [0.2, 0.25) is 5.91 Å². The Morgan fingerprint density at radius 1 is 1.00 bits per heavy atom. The van der Waals surface area contributed by atoms with E-state index < -0.39 is 11.7 Å². The lowest BCUT2D eigenvalue weighted by molar-refractivity contribution is -0.137. The standard InChI is InChI=1S/C24H24F3N3O/c25-24(26,27)18-10-11-21-20(14-18)22(12-13-28-21)29-15-16-6-8-17(9-7-16)23(31)30-19-4-2-1-3-5-19/h1-5,10-14,16-17H,6-9,15H2,(H,28,29)(H,30,31). The number of nitrogens with zero attached hydrogens (tertiary/aromatic N) is 1. The molecule has 1 aliphatic carbocycles. The largest absolute Gasteiger partial charge is 0.416 e. The van der Waals surface area contributed by atoms with Crippen LogP contribution in [0.25, 0.3) is 10.9 Å². The average Bonchev–Trinajstić information content (AvgIpc) is 2.77. The summed E-state index contributed by atoms with van der Waals surface area (Å²) in [5.41, 5.74) is 1.31. The lowest BCUT2D eigenvalue weighted by atomic mass is 9.81. The van der Waals surface area contributed by atoms with Crippen LogP contribution in [0.3, 0.4) is 0 Å². The van der Waals surface area contributed by atoms with Crippen molar-refractivity contribution in [2.45, 2.75) is 31.9 Å². The molecule has 4 rings (SSSR count). The van der Waals surface area contributed by atoms with Gasteiger partial charge in [-0.05, 0) is 68.0 Å². The molecule has 0 aliphatic heterocycles. The summed E-state index contributed by atoms with van der Waals surface area (Å²) in [5.74, 6) is 0.416. The third-order valence-corrected chi connectivity index (χ3v) is 5.91. The van der Waals surface area contributed by atoms with Crippen LogP contribution in [0.4, 0.5) is 24.5 Å². The minimum absolute atomic E-state index is 0.00689. The van der Waals surface area contributed by atoms with Crippen LogP contribution in [0.1, 0.15) is 31.2 Å². The molecule has 1 heterocycles. The summed E-state index contributed by atoms with van der Waals surface area (Å²) in [4.78, 5) is 16.7. The van der Waals surface area contributed by atoms with Gasteiger partial charge in [-0.1, -0.05) is 18.2 Å². The number of alkyl halides is 3. The number of aromatic nitrogens is 1. The molecule has 7 heteroatoms. The summed E-state index contributed by atoms with van der Waals surface area (Å²) in [7, 11) is 0. The molecule has 1 saturated carbocycles. The fraction of sp³-hybridized carbons (Fsp3) is 0.333. The molecule has 0 radical (unpaired) electrons. The molecule has 1 fully saturated rings. The smallest absolute Gasteiger partial charge is 0.384 e. The predicted molar refractivity (Wildman–Crippen MR) is 116 cm³/mol. The molecular weight excluding hydrogens is 403 g/mol. The van der Waals surface area contributed by atoms with E-state index in [0.29, 0.717) is 29.1 Å². The molecule has 0 spiro atoms. The maximum Gasteiger partial charge on any atom is 0.416 e. The van der Waals surface area contributed by atoms with E-state index in [-0.39, 0.29) is 11.8 Å². The zero-order valence-corrected chi connectivity index (χ0v) is 17.0. The van der Waals surface area contributed by atoms with E-state index in [9.17, 15) is 18.0 Å². The Balaban J connectivity index is 1.34. The number of amides is 1. The Bertz CT molecular complexity index is 1040. The van der Waals surface area contributed by atoms with Crippen molar-refractivity contribution in [3.8, 4) is 0 Å². The molecule has 3 aromatic rings. The molecule has 0 atom stereocenters. The van der Waals surface area contributed by atoms with Crippen LogP contribution in [0, 0.1) is 11.8 Å². The first kappa shape index (κ1) is 21.2. The van der Waals surface area contributed by atoms with Gasteiger partial charge in [-0.2, -0.15) is 13.2 Å². The number of carbonyl (C=O) groups is 1. The quantitative estimate of drug-likeness (QED) is 0.516. The molecule has 1 amide bonds. The molecule has 2 aromatic carbocycles. The number of carbonyl (C=O) groups excluding carboxylic acids is 1. The van der Waals surface area contributed by atoms with Crippen molar-refractivity contribution >= 4 is 28.2 Å². The first-order valence-electron chi connectivity index (χ1n) is 10.5. The van der Waals surface area contributed by atoms with Gasteiger partial charge < -0.3 is 10.6 Å². The fourth-order valence-electron chi connectivity index (χ4n) is 4.13. The van der Waals surface area contributed by atoms with Gasteiger partial charge in [-0.25, -0.2) is 0 Å². The highest BCUT2D eigenvalue weighted by Gasteiger charge is 2.31. The Kier molecular flexibility index (Phi) is 6.11. The van der Waals surface area contributed by atoms with Crippen LogP contribution in [0.2, 0.25) is 0 Å². The van der Waals surface area contributed by atoms with Gasteiger partial charge in [0.15, 0.2) is 0 Å². The summed E-state index contributed by atoms with van der Waals surface area (Å²) < 4.78 is 39.3. The predicted octanol–water partition coefficient (Wildman–Crippen LogP) is 6.11. The molecule has 1 aliphatic rings. The maximum atomic E-state index is 13.1. The highest BCUT2D eigenvalue weighted by molar-refractivity contribution is 5.93. The Labute approximate surface area is 178 Å². The summed E-state index contributed by atoms with van der Waals surface area (Å²) in [6.07, 6.45) is 0.622. The van der Waals surface area contributed by atoms with E-state index in [1.807, 2.05) is 30.3 Å². The van der Waals surface area contributed by atoms with Crippen LogP contribution in [-0.4, -0.2) is 17.4 Å². The number of para-hydroxylation sites is 1. The number of pyridine rings is 1. The zero-order chi connectivity index (χ0) is 21.8. The fourth-order valence-corrected chi connectivity index (χ4v) is 4.13. The van der Waals surface area contributed by atoms with Crippen LogP contribution >= 0.6 is 0 Å². The van der Waals surface area contributed by atoms with E-state index in [1.165, 1.54) is 6.07 Å². The maximum absolute atomic E-state index is 13.1. The van der Waals surface area contributed by atoms with Gasteiger partial charge >= 0.3 is 6.18 Å². The van der Waals surface area contributed by atoms with Gasteiger partial charge in [0, 0.05) is 35.4 Å². The topological polar surface area (TPSA) is 54.0 Å². The van der Waals surface area contributed by atoms with Crippen LogP contribution in [0.5, 0.6) is 0 Å². The Hall–Kier alpha value is -3.09. The van der Waals surface area contributed by atoms with Gasteiger partial charge in [0.05, 0.1) is 11.1 Å². The first-order chi connectivity index (χ1) is 14.9. The molecule has 0 unspecified atom stereocenters. The normalized spacial score (nSPS) is 19.2. The van der Waals surface area contributed by atoms with Crippen molar-refractivity contribution in [3.05, 3.63) is 66.4 Å². The van der Waals surface area contributed by atoms with Crippen molar-refractivity contribution in [1.29, 1.82) is 0 Å². The van der Waals surface area contributed by atoms with E-state index >= 15 is 0 Å². The number of rotatable bonds is 5. The van der Waals surface area contributed by atoms with Crippen LogP contribution in [-0.2, 0) is 11.0 Å². The summed E-state index contributed by atoms with van der Waals surface area (Å²) >= 11 is 0. The van der Waals surface area contributed by atoms with Crippen molar-refractivity contribution in [2.75, 3.05) is 17.2 Å². The molecule has 1 aromatic heterocycles. The van der Waals surface area contributed by atoms with E-state index in [0.717, 1.165) is 43.5 Å². The molecule has 31 heavy (non-hydrogen) atoms. The highest BCUT2D eigenvalue weighted by atomic mass is 19.4. The van der Waals surface area contributed by atoms with Gasteiger partial charge in [0.1, 0.15) is 0 Å². The third-order valence-electron chi connectivity index (χ3n) is 5.91. The molecule has 0 saturated heterocycles. The van der Waals surface area contributed by atoms with Crippen molar-refractivity contribution in [2.24, 2.45) is 11.8 Å². The van der Waals surface area contributed by atoms with Crippen LogP contribution < -0.4 is 10.6 Å². The number of fused-ring (bicyclic) bond motifs is 1. The molecule has 4 nitrogen and oxygen atoms in total. The van der Waals surface area contributed by atoms with Gasteiger partial charge in [-0.15, -0.1) is 0 Å². The van der Waals surface area contributed by atoms with E-state index in [4.69, 9.17) is 0 Å². The number of nitrogens with one attached hydrogen (secondary N) is 2. The second-order valence-corrected chi connectivity index (χ2v) is 8.04. The molecular formula is C24H24F3N3O. The Morgan fingerprint density at radius 2 is 1.74 bits per heavy atom. The van der Waals surface area contributed by atoms with Crippen molar-refractivity contribution in [1.82, 2.24) is 4.98 Å². The number of benzene rings is 2. The number of hydrogen-bond donors (Lipinski definition) is 2. The Morgan fingerprint density at radius 3 is 2.45 bits per heavy atom. The minimum atomic E-state index is -4.39. The highest BCUT2D eigenvalue weighted by Crippen LogP contribution is 2.34. The minimum Gasteiger partial charge on any atom is -0.384 e. The summed E-state index contributed by atoms with van der Waals surface area (Å²) in [6.45, 7) is 0.655. The third kappa shape index (κ3) is 5.16. The number of anilines is 2.